The van der Waals surface area contributed by atoms with Gasteiger partial charge in [0.05, 0.1) is 5.69 Å². The van der Waals surface area contributed by atoms with E-state index >= 15 is 0 Å². The largest absolute Gasteiger partial charge is 0.479 e. The van der Waals surface area contributed by atoms with E-state index in [2.05, 4.69) is 13.8 Å². The highest BCUT2D eigenvalue weighted by Gasteiger charge is 2.29. The van der Waals surface area contributed by atoms with E-state index in [4.69, 9.17) is 10.5 Å². The van der Waals surface area contributed by atoms with Gasteiger partial charge >= 0.3 is 0 Å². The fourth-order valence-corrected chi connectivity index (χ4v) is 2.55. The summed E-state index contributed by atoms with van der Waals surface area (Å²) in [6.45, 7) is 6.69. The van der Waals surface area contributed by atoms with Crippen LogP contribution in [0.25, 0.3) is 0 Å². The highest BCUT2D eigenvalue weighted by atomic mass is 16.5. The summed E-state index contributed by atoms with van der Waals surface area (Å²) in [4.78, 5) is 13.6. The van der Waals surface area contributed by atoms with Crippen molar-refractivity contribution in [2.45, 2.75) is 32.8 Å². The normalized spacial score (nSPS) is 20.2. The second-order valence-corrected chi connectivity index (χ2v) is 5.47. The number of anilines is 1. The maximum absolute atomic E-state index is 11.9. The molecule has 0 aromatic heterocycles. The van der Waals surface area contributed by atoms with Gasteiger partial charge in [-0.1, -0.05) is 19.9 Å². The van der Waals surface area contributed by atoms with E-state index in [9.17, 15) is 4.79 Å². The summed E-state index contributed by atoms with van der Waals surface area (Å²) in [7, 11) is 1.79. The van der Waals surface area contributed by atoms with Gasteiger partial charge in [0.25, 0.3) is 5.91 Å². The third-order valence-corrected chi connectivity index (χ3v) is 3.81. The van der Waals surface area contributed by atoms with E-state index in [1.165, 1.54) is 0 Å². The minimum absolute atomic E-state index is 0.0153. The van der Waals surface area contributed by atoms with E-state index in [0.717, 1.165) is 17.0 Å². The van der Waals surface area contributed by atoms with Crippen LogP contribution in [0, 0.1) is 5.92 Å². The molecule has 2 N–H and O–H groups in total. The summed E-state index contributed by atoms with van der Waals surface area (Å²) >= 11 is 0. The van der Waals surface area contributed by atoms with Crippen molar-refractivity contribution in [1.29, 1.82) is 0 Å². The minimum Gasteiger partial charge on any atom is -0.479 e. The maximum atomic E-state index is 11.9. The molecule has 0 spiro atoms. The molecule has 0 saturated carbocycles. The second-order valence-electron chi connectivity index (χ2n) is 5.47. The molecular weight excluding hydrogens is 240 g/mol. The van der Waals surface area contributed by atoms with E-state index in [-0.39, 0.29) is 5.91 Å². The molecule has 1 aliphatic heterocycles. The van der Waals surface area contributed by atoms with Crippen LogP contribution in [-0.2, 0) is 4.79 Å². The molecule has 1 aromatic rings. The number of nitrogens with zero attached hydrogens (tertiary/aromatic N) is 1. The van der Waals surface area contributed by atoms with Crippen LogP contribution in [0.1, 0.15) is 32.3 Å². The monoisotopic (exact) mass is 262 g/mol. The van der Waals surface area contributed by atoms with Gasteiger partial charge < -0.3 is 15.4 Å². The Morgan fingerprint density at radius 2 is 2.11 bits per heavy atom. The number of likely N-dealkylation sites (N-methyl/N-ethyl adjacent to an activating group) is 1. The van der Waals surface area contributed by atoms with Crippen LogP contribution >= 0.6 is 0 Å². The maximum Gasteiger partial charge on any atom is 0.267 e. The number of nitrogens with two attached hydrogens (primary N) is 1. The van der Waals surface area contributed by atoms with Gasteiger partial charge in [0.15, 0.2) is 6.10 Å². The van der Waals surface area contributed by atoms with Crippen molar-refractivity contribution in [2.75, 3.05) is 18.5 Å². The molecule has 0 saturated heterocycles. The molecule has 0 aliphatic carbocycles. The number of ether oxygens (including phenoxy) is 1. The van der Waals surface area contributed by atoms with Crippen molar-refractivity contribution in [3.8, 4) is 5.75 Å². The van der Waals surface area contributed by atoms with Crippen LogP contribution in [0.2, 0.25) is 0 Å². The predicted octanol–water partition coefficient (Wildman–Crippen LogP) is 2.13. The molecule has 0 radical (unpaired) electrons. The lowest BCUT2D eigenvalue weighted by Gasteiger charge is -2.31. The Balaban J connectivity index is 2.41. The zero-order chi connectivity index (χ0) is 14.2. The smallest absolute Gasteiger partial charge is 0.267 e. The minimum atomic E-state index is -0.418. The molecule has 0 bridgehead atoms. The summed E-state index contributed by atoms with van der Waals surface area (Å²) < 4.78 is 5.62. The Hall–Kier alpha value is -1.55. The summed E-state index contributed by atoms with van der Waals surface area (Å²) in [5, 5.41) is 0. The number of benzene rings is 1. The average Bonchev–Trinajstić information content (AvgIpc) is 2.37. The number of hydrogen-bond donors (Lipinski definition) is 1. The lowest BCUT2D eigenvalue weighted by Crippen LogP contribution is -2.42. The Labute approximate surface area is 114 Å². The van der Waals surface area contributed by atoms with Gasteiger partial charge in [0.1, 0.15) is 5.75 Å². The summed E-state index contributed by atoms with van der Waals surface area (Å²) in [5.41, 5.74) is 7.85. The molecule has 4 nitrogen and oxygen atoms in total. The van der Waals surface area contributed by atoms with E-state index < -0.39 is 6.10 Å². The number of fused-ring (bicyclic) bond motifs is 1. The van der Waals surface area contributed by atoms with Crippen molar-refractivity contribution in [3.05, 3.63) is 23.8 Å². The van der Waals surface area contributed by atoms with Crippen molar-refractivity contribution in [3.63, 3.8) is 0 Å². The fraction of sp³-hybridized carbons (Fsp3) is 0.533. The third-order valence-electron chi connectivity index (χ3n) is 3.81. The first-order chi connectivity index (χ1) is 8.95. The van der Waals surface area contributed by atoms with Crippen LogP contribution in [0.5, 0.6) is 5.75 Å². The number of carbonyl (C=O) groups is 1. The number of amides is 1. The van der Waals surface area contributed by atoms with Crippen molar-refractivity contribution < 1.29 is 9.53 Å². The van der Waals surface area contributed by atoms with Gasteiger partial charge in [-0.15, -0.1) is 0 Å². The van der Waals surface area contributed by atoms with Crippen molar-refractivity contribution in [2.24, 2.45) is 11.7 Å². The lowest BCUT2D eigenvalue weighted by atomic mass is 9.88. The quantitative estimate of drug-likeness (QED) is 0.908. The Bertz CT molecular complexity index is 485. The van der Waals surface area contributed by atoms with E-state index in [0.29, 0.717) is 18.4 Å². The molecule has 1 aromatic carbocycles. The van der Waals surface area contributed by atoms with Crippen LogP contribution < -0.4 is 15.4 Å². The first kappa shape index (κ1) is 13.9. The molecule has 1 aliphatic rings. The van der Waals surface area contributed by atoms with Crippen molar-refractivity contribution in [1.82, 2.24) is 0 Å². The Morgan fingerprint density at radius 1 is 1.42 bits per heavy atom. The first-order valence-electron chi connectivity index (χ1n) is 6.74. The first-order valence-corrected chi connectivity index (χ1v) is 6.74. The topological polar surface area (TPSA) is 55.6 Å². The molecule has 0 fully saturated rings. The molecule has 2 unspecified atom stereocenters. The van der Waals surface area contributed by atoms with Gasteiger partial charge in [-0.2, -0.15) is 0 Å². The van der Waals surface area contributed by atoms with Crippen molar-refractivity contribution >= 4 is 11.6 Å². The SMILES string of the molecule is CC1Oc2ccc(C(CN)C(C)C)cc2N(C)C1=O. The summed E-state index contributed by atoms with van der Waals surface area (Å²) in [6, 6.07) is 6.01. The number of hydrogen-bond acceptors (Lipinski definition) is 3. The molecule has 4 heteroatoms. The second kappa shape index (κ2) is 5.21. The Morgan fingerprint density at radius 3 is 2.68 bits per heavy atom. The standard InChI is InChI=1S/C15H22N2O2/c1-9(2)12(8-16)11-5-6-14-13(7-11)17(4)15(18)10(3)19-14/h5-7,9-10,12H,8,16H2,1-4H3. The highest BCUT2D eigenvalue weighted by Crippen LogP contribution is 2.36. The van der Waals surface area contributed by atoms with Crippen LogP contribution in [-0.4, -0.2) is 25.6 Å². The van der Waals surface area contributed by atoms with Gasteiger partial charge in [0, 0.05) is 7.05 Å². The molecule has 2 rings (SSSR count). The van der Waals surface area contributed by atoms with E-state index in [1.54, 1.807) is 18.9 Å². The third kappa shape index (κ3) is 2.45. The molecule has 1 amide bonds. The van der Waals surface area contributed by atoms with Gasteiger partial charge in [-0.3, -0.25) is 4.79 Å². The molecular formula is C15H22N2O2. The van der Waals surface area contributed by atoms with Gasteiger partial charge in [-0.05, 0) is 43.0 Å². The summed E-state index contributed by atoms with van der Waals surface area (Å²) in [6.07, 6.45) is -0.418. The van der Waals surface area contributed by atoms with E-state index in [1.807, 2.05) is 18.2 Å². The lowest BCUT2D eigenvalue weighted by molar-refractivity contribution is -0.125. The number of rotatable bonds is 3. The zero-order valence-corrected chi connectivity index (χ0v) is 12.0. The number of carbonyl (C=O) groups excluding carboxylic acids is 1. The predicted molar refractivity (Wildman–Crippen MR) is 76.6 cm³/mol. The van der Waals surface area contributed by atoms with Gasteiger partial charge in [-0.25, -0.2) is 0 Å². The fourth-order valence-electron chi connectivity index (χ4n) is 2.55. The summed E-state index contributed by atoms with van der Waals surface area (Å²) in [5.74, 6) is 1.51. The Kier molecular flexibility index (Phi) is 3.80. The van der Waals surface area contributed by atoms with Crippen LogP contribution in [0.15, 0.2) is 18.2 Å². The molecule has 1 heterocycles. The average molecular weight is 262 g/mol. The molecule has 19 heavy (non-hydrogen) atoms. The zero-order valence-electron chi connectivity index (χ0n) is 12.0. The highest BCUT2D eigenvalue weighted by molar-refractivity contribution is 5.99. The van der Waals surface area contributed by atoms with Crippen LogP contribution in [0.4, 0.5) is 5.69 Å². The molecule has 104 valence electrons. The van der Waals surface area contributed by atoms with Crippen LogP contribution in [0.3, 0.4) is 0 Å². The molecule has 2 atom stereocenters. The van der Waals surface area contributed by atoms with Gasteiger partial charge in [0.2, 0.25) is 0 Å².